The molecule has 0 saturated carbocycles. The van der Waals surface area contributed by atoms with Gasteiger partial charge in [0.1, 0.15) is 5.65 Å². The van der Waals surface area contributed by atoms with E-state index in [2.05, 4.69) is 29.7 Å². The third-order valence-corrected chi connectivity index (χ3v) is 5.42. The fourth-order valence-corrected chi connectivity index (χ4v) is 3.85. The van der Waals surface area contributed by atoms with Gasteiger partial charge < -0.3 is 10.6 Å². The first-order valence-corrected chi connectivity index (χ1v) is 10.3. The Bertz CT molecular complexity index is 1020. The molecule has 0 radical (unpaired) electrons. The van der Waals surface area contributed by atoms with E-state index in [1.165, 1.54) is 0 Å². The number of hydrogen-bond acceptors (Lipinski definition) is 4. The average Bonchev–Trinajstić information content (AvgIpc) is 3.21. The summed E-state index contributed by atoms with van der Waals surface area (Å²) >= 11 is 0. The molecule has 1 fully saturated rings. The highest BCUT2D eigenvalue weighted by Gasteiger charge is 2.16. The van der Waals surface area contributed by atoms with Crippen molar-refractivity contribution in [3.8, 4) is 11.1 Å². The second-order valence-electron chi connectivity index (χ2n) is 7.69. The Hall–Kier alpha value is -2.37. The molecule has 1 aliphatic heterocycles. The molecule has 2 aromatic heterocycles. The van der Waals surface area contributed by atoms with Crippen LogP contribution in [-0.4, -0.2) is 28.5 Å². The molecule has 0 spiro atoms. The summed E-state index contributed by atoms with van der Waals surface area (Å²) in [6, 6.07) is 12.6. The standard InChI is InChI=1S/C23H28N4O.ClH/c1-3-4-5-20-22(23(28)27-15-16(2)6-11-21(27)26-20)17-7-9-18(10-8-17)25-19-12-13-24-14-19;/h6-11,15,19,24-25H,3-5,12-14H2,1-2H3;1H. The zero-order valence-electron chi connectivity index (χ0n) is 17.1. The number of rotatable bonds is 6. The monoisotopic (exact) mass is 412 g/mol. The molecule has 0 amide bonds. The zero-order chi connectivity index (χ0) is 19.5. The van der Waals surface area contributed by atoms with Crippen molar-refractivity contribution in [3.63, 3.8) is 0 Å². The van der Waals surface area contributed by atoms with Crippen LogP contribution >= 0.6 is 12.4 Å². The molecule has 0 aliphatic carbocycles. The van der Waals surface area contributed by atoms with Crippen molar-refractivity contribution >= 4 is 23.7 Å². The van der Waals surface area contributed by atoms with Crippen molar-refractivity contribution in [1.82, 2.24) is 14.7 Å². The lowest BCUT2D eigenvalue weighted by Gasteiger charge is -2.14. The molecular formula is C23H29ClN4O. The highest BCUT2D eigenvalue weighted by atomic mass is 35.5. The van der Waals surface area contributed by atoms with Crippen molar-refractivity contribution < 1.29 is 0 Å². The molecule has 1 atom stereocenters. The van der Waals surface area contributed by atoms with Crippen LogP contribution in [0.25, 0.3) is 16.8 Å². The van der Waals surface area contributed by atoms with Crippen molar-refractivity contribution in [1.29, 1.82) is 0 Å². The molecule has 1 saturated heterocycles. The van der Waals surface area contributed by atoms with E-state index >= 15 is 0 Å². The minimum Gasteiger partial charge on any atom is -0.381 e. The summed E-state index contributed by atoms with van der Waals surface area (Å²) in [7, 11) is 0. The van der Waals surface area contributed by atoms with Crippen LogP contribution in [0.4, 0.5) is 5.69 Å². The summed E-state index contributed by atoms with van der Waals surface area (Å²) in [5, 5.41) is 6.93. The van der Waals surface area contributed by atoms with Crippen molar-refractivity contribution in [3.05, 3.63) is 64.2 Å². The van der Waals surface area contributed by atoms with E-state index in [4.69, 9.17) is 4.98 Å². The quantitative estimate of drug-likeness (QED) is 0.636. The van der Waals surface area contributed by atoms with Crippen molar-refractivity contribution in [2.24, 2.45) is 0 Å². The fourth-order valence-electron chi connectivity index (χ4n) is 3.85. The molecule has 1 unspecified atom stereocenters. The number of benzene rings is 1. The lowest BCUT2D eigenvalue weighted by Crippen LogP contribution is -2.22. The van der Waals surface area contributed by atoms with E-state index in [9.17, 15) is 4.79 Å². The number of nitrogens with one attached hydrogen (secondary N) is 2. The van der Waals surface area contributed by atoms with Crippen LogP contribution in [0.1, 0.15) is 37.4 Å². The average molecular weight is 413 g/mol. The summed E-state index contributed by atoms with van der Waals surface area (Å²) in [5.41, 5.74) is 5.44. The second kappa shape index (κ2) is 9.42. The summed E-state index contributed by atoms with van der Waals surface area (Å²) in [4.78, 5) is 18.2. The maximum atomic E-state index is 13.3. The second-order valence-corrected chi connectivity index (χ2v) is 7.69. The summed E-state index contributed by atoms with van der Waals surface area (Å²) in [5.74, 6) is 0. The van der Waals surface area contributed by atoms with Crippen LogP contribution in [0.5, 0.6) is 0 Å². The van der Waals surface area contributed by atoms with Gasteiger partial charge in [-0.1, -0.05) is 31.5 Å². The normalized spacial score (nSPS) is 16.0. The zero-order valence-corrected chi connectivity index (χ0v) is 17.9. The Kier molecular flexibility index (Phi) is 6.93. The van der Waals surface area contributed by atoms with Crippen molar-refractivity contribution in [2.45, 2.75) is 45.6 Å². The van der Waals surface area contributed by atoms with Gasteiger partial charge in [0.15, 0.2) is 0 Å². The van der Waals surface area contributed by atoms with E-state index < -0.39 is 0 Å². The minimum absolute atomic E-state index is 0. The maximum absolute atomic E-state index is 13.3. The largest absolute Gasteiger partial charge is 0.381 e. The molecule has 6 heteroatoms. The van der Waals surface area contributed by atoms with Crippen LogP contribution in [0, 0.1) is 6.92 Å². The van der Waals surface area contributed by atoms with Gasteiger partial charge in [-0.2, -0.15) is 0 Å². The van der Waals surface area contributed by atoms with E-state index in [-0.39, 0.29) is 18.0 Å². The molecule has 5 nitrogen and oxygen atoms in total. The molecule has 2 N–H and O–H groups in total. The fraction of sp³-hybridized carbons (Fsp3) is 0.391. The number of nitrogens with zero attached hydrogens (tertiary/aromatic N) is 2. The van der Waals surface area contributed by atoms with Gasteiger partial charge in [0.2, 0.25) is 0 Å². The SMILES string of the molecule is CCCCc1nc2ccc(C)cn2c(=O)c1-c1ccc(NC2CCNC2)cc1.Cl. The Labute approximate surface area is 178 Å². The van der Waals surface area contributed by atoms with Gasteiger partial charge in [0, 0.05) is 24.5 Å². The van der Waals surface area contributed by atoms with Crippen LogP contribution in [0.3, 0.4) is 0 Å². The first kappa shape index (κ1) is 21.3. The molecule has 4 rings (SSSR count). The summed E-state index contributed by atoms with van der Waals surface area (Å²) in [6.45, 7) is 6.22. The van der Waals surface area contributed by atoms with Crippen LogP contribution in [-0.2, 0) is 6.42 Å². The maximum Gasteiger partial charge on any atom is 0.266 e. The number of halogens is 1. The third kappa shape index (κ3) is 4.62. The van der Waals surface area contributed by atoms with Gasteiger partial charge in [0.25, 0.3) is 5.56 Å². The van der Waals surface area contributed by atoms with Gasteiger partial charge in [-0.05, 0) is 62.1 Å². The molecule has 1 aliphatic rings. The molecule has 3 heterocycles. The van der Waals surface area contributed by atoms with Crippen molar-refractivity contribution in [2.75, 3.05) is 18.4 Å². The number of hydrogen-bond donors (Lipinski definition) is 2. The Morgan fingerprint density at radius 3 is 2.69 bits per heavy atom. The third-order valence-electron chi connectivity index (χ3n) is 5.42. The van der Waals surface area contributed by atoms with Gasteiger partial charge in [-0.3, -0.25) is 9.20 Å². The number of unbranched alkanes of at least 4 members (excludes halogenated alkanes) is 1. The van der Waals surface area contributed by atoms with Gasteiger partial charge in [-0.25, -0.2) is 4.98 Å². The van der Waals surface area contributed by atoms with Crippen LogP contribution < -0.4 is 16.2 Å². The van der Waals surface area contributed by atoms with E-state index in [0.29, 0.717) is 6.04 Å². The Morgan fingerprint density at radius 2 is 2.00 bits per heavy atom. The first-order chi connectivity index (χ1) is 13.7. The van der Waals surface area contributed by atoms with Crippen LogP contribution in [0.2, 0.25) is 0 Å². The molecule has 154 valence electrons. The number of anilines is 1. The van der Waals surface area contributed by atoms with E-state index in [1.54, 1.807) is 4.40 Å². The predicted molar refractivity (Wildman–Crippen MR) is 122 cm³/mol. The highest BCUT2D eigenvalue weighted by molar-refractivity contribution is 5.85. The minimum atomic E-state index is 0. The molecular weight excluding hydrogens is 384 g/mol. The summed E-state index contributed by atoms with van der Waals surface area (Å²) < 4.78 is 1.68. The molecule has 0 bridgehead atoms. The lowest BCUT2D eigenvalue weighted by atomic mass is 10.0. The number of fused-ring (bicyclic) bond motifs is 1. The van der Waals surface area contributed by atoms with Gasteiger partial charge in [-0.15, -0.1) is 12.4 Å². The lowest BCUT2D eigenvalue weighted by molar-refractivity contribution is 0.774. The van der Waals surface area contributed by atoms with E-state index in [1.807, 2.05) is 37.4 Å². The van der Waals surface area contributed by atoms with Gasteiger partial charge in [0.05, 0.1) is 11.3 Å². The first-order valence-electron chi connectivity index (χ1n) is 10.3. The van der Waals surface area contributed by atoms with Crippen LogP contribution in [0.15, 0.2) is 47.4 Å². The molecule has 1 aromatic carbocycles. The molecule has 3 aromatic rings. The Balaban J connectivity index is 0.00000240. The van der Waals surface area contributed by atoms with E-state index in [0.717, 1.165) is 72.5 Å². The summed E-state index contributed by atoms with van der Waals surface area (Å²) in [6.07, 6.45) is 5.93. The smallest absolute Gasteiger partial charge is 0.266 e. The topological polar surface area (TPSA) is 58.4 Å². The predicted octanol–water partition coefficient (Wildman–Crippen LogP) is 4.21. The number of pyridine rings is 1. The highest BCUT2D eigenvalue weighted by Crippen LogP contribution is 2.24. The van der Waals surface area contributed by atoms with Gasteiger partial charge >= 0.3 is 0 Å². The number of aryl methyl sites for hydroxylation is 2. The molecule has 29 heavy (non-hydrogen) atoms. The number of aromatic nitrogens is 2. The Morgan fingerprint density at radius 1 is 1.21 bits per heavy atom.